The molecule has 0 aliphatic heterocycles. The van der Waals surface area contributed by atoms with Gasteiger partial charge in [-0.3, -0.25) is 9.52 Å². The Kier molecular flexibility index (Phi) is 9.05. The van der Waals surface area contributed by atoms with E-state index in [-0.39, 0.29) is 24.0 Å². The van der Waals surface area contributed by atoms with Crippen molar-refractivity contribution in [1.82, 2.24) is 4.90 Å². The van der Waals surface area contributed by atoms with E-state index in [9.17, 15) is 13.2 Å². The molecule has 1 amide bonds. The topological polar surface area (TPSA) is 103 Å². The predicted octanol–water partition coefficient (Wildman–Crippen LogP) is 4.31. The molecule has 0 unspecified atom stereocenters. The number of benzene rings is 3. The lowest BCUT2D eigenvalue weighted by Crippen LogP contribution is -2.31. The van der Waals surface area contributed by atoms with Gasteiger partial charge in [0.25, 0.3) is 15.9 Å². The molecule has 11 heteroatoms. The molecule has 0 spiro atoms. The Labute approximate surface area is 219 Å². The predicted molar refractivity (Wildman–Crippen MR) is 139 cm³/mol. The lowest BCUT2D eigenvalue weighted by molar-refractivity contribution is -0.132. The highest BCUT2D eigenvalue weighted by molar-refractivity contribution is 9.10. The highest BCUT2D eigenvalue weighted by atomic mass is 79.9. The third kappa shape index (κ3) is 6.82. The molecule has 0 bridgehead atoms. The van der Waals surface area contributed by atoms with Crippen molar-refractivity contribution in [2.45, 2.75) is 11.4 Å². The summed E-state index contributed by atoms with van der Waals surface area (Å²) in [6.45, 7) is 0.0714. The summed E-state index contributed by atoms with van der Waals surface area (Å²) in [5.74, 6) is 1.56. The molecule has 0 fully saturated rings. The van der Waals surface area contributed by atoms with E-state index in [0.717, 1.165) is 10.0 Å². The first-order chi connectivity index (χ1) is 17.2. The normalized spacial score (nSPS) is 10.9. The SMILES string of the molecule is COc1cc(CN(C)C(=O)COc2ccc(S(=O)(=O)Nc3ccc(Br)cc3)cc2)cc(OC)c1OC. The Morgan fingerprint density at radius 3 is 2.03 bits per heavy atom. The molecule has 0 atom stereocenters. The molecular formula is C25H27BrN2O7S. The molecule has 0 saturated carbocycles. The van der Waals surface area contributed by atoms with Crippen molar-refractivity contribution in [1.29, 1.82) is 0 Å². The van der Waals surface area contributed by atoms with Crippen LogP contribution in [0.1, 0.15) is 5.56 Å². The number of nitrogens with zero attached hydrogens (tertiary/aromatic N) is 1. The second-order valence-electron chi connectivity index (χ2n) is 7.66. The minimum Gasteiger partial charge on any atom is -0.493 e. The van der Waals surface area contributed by atoms with Crippen LogP contribution in [-0.2, 0) is 21.4 Å². The zero-order valence-corrected chi connectivity index (χ0v) is 22.7. The number of anilines is 1. The molecule has 0 aliphatic rings. The number of ether oxygens (including phenoxy) is 4. The van der Waals surface area contributed by atoms with Crippen molar-refractivity contribution in [3.8, 4) is 23.0 Å². The Morgan fingerprint density at radius 1 is 0.917 bits per heavy atom. The summed E-state index contributed by atoms with van der Waals surface area (Å²) in [5.41, 5.74) is 1.23. The first kappa shape index (κ1) is 27.2. The minimum atomic E-state index is -3.76. The number of nitrogens with one attached hydrogen (secondary N) is 1. The standard InChI is InChI=1S/C25H27BrN2O7S/c1-28(15-17-13-22(32-2)25(34-4)23(14-17)33-3)24(29)16-35-20-9-11-21(12-10-20)36(30,31)27-19-7-5-18(26)6-8-19/h5-14,27H,15-16H2,1-4H3. The molecule has 36 heavy (non-hydrogen) atoms. The first-order valence-corrected chi connectivity index (χ1v) is 13.0. The molecule has 0 heterocycles. The summed E-state index contributed by atoms with van der Waals surface area (Å²) < 4.78 is 50.2. The smallest absolute Gasteiger partial charge is 0.261 e. The lowest BCUT2D eigenvalue weighted by Gasteiger charge is -2.20. The van der Waals surface area contributed by atoms with Gasteiger partial charge in [-0.25, -0.2) is 8.42 Å². The molecule has 3 rings (SSSR count). The molecule has 192 valence electrons. The van der Waals surface area contributed by atoms with Gasteiger partial charge >= 0.3 is 0 Å². The van der Waals surface area contributed by atoms with Crippen molar-refractivity contribution < 1.29 is 32.2 Å². The quantitative estimate of drug-likeness (QED) is 0.361. The van der Waals surface area contributed by atoms with Crippen molar-refractivity contribution in [2.75, 3.05) is 39.7 Å². The van der Waals surface area contributed by atoms with Gasteiger partial charge in [-0.15, -0.1) is 0 Å². The van der Waals surface area contributed by atoms with Crippen molar-refractivity contribution >= 4 is 37.5 Å². The van der Waals surface area contributed by atoms with E-state index in [2.05, 4.69) is 20.7 Å². The summed E-state index contributed by atoms with van der Waals surface area (Å²) in [4.78, 5) is 14.2. The molecule has 9 nitrogen and oxygen atoms in total. The third-order valence-corrected chi connectivity index (χ3v) is 7.09. The number of rotatable bonds is 11. The Balaban J connectivity index is 1.59. The summed E-state index contributed by atoms with van der Waals surface area (Å²) in [5, 5.41) is 0. The van der Waals surface area contributed by atoms with E-state index < -0.39 is 10.0 Å². The molecule has 0 radical (unpaired) electrons. The first-order valence-electron chi connectivity index (χ1n) is 10.7. The molecule has 3 aromatic rings. The maximum atomic E-state index is 12.6. The number of carbonyl (C=O) groups is 1. The van der Waals surface area contributed by atoms with Gasteiger partial charge in [-0.05, 0) is 66.2 Å². The van der Waals surface area contributed by atoms with Gasteiger partial charge in [-0.2, -0.15) is 0 Å². The van der Waals surface area contributed by atoms with Crippen LogP contribution in [0.15, 0.2) is 70.0 Å². The molecule has 0 aromatic heterocycles. The van der Waals surface area contributed by atoms with Crippen LogP contribution in [0.2, 0.25) is 0 Å². The van der Waals surface area contributed by atoms with Crippen LogP contribution in [0.4, 0.5) is 5.69 Å². The second-order valence-corrected chi connectivity index (χ2v) is 10.3. The van der Waals surface area contributed by atoms with Crippen LogP contribution in [0.3, 0.4) is 0 Å². The number of hydrogen-bond donors (Lipinski definition) is 1. The third-order valence-electron chi connectivity index (χ3n) is 5.16. The number of carbonyl (C=O) groups excluding carboxylic acids is 1. The minimum absolute atomic E-state index is 0.0728. The number of methoxy groups -OCH3 is 3. The van der Waals surface area contributed by atoms with Gasteiger partial charge in [-0.1, -0.05) is 15.9 Å². The average Bonchev–Trinajstić information content (AvgIpc) is 2.88. The van der Waals surface area contributed by atoms with E-state index in [1.165, 1.54) is 50.5 Å². The van der Waals surface area contributed by atoms with E-state index in [1.807, 2.05) is 0 Å². The fourth-order valence-electron chi connectivity index (χ4n) is 3.29. The van der Waals surface area contributed by atoms with E-state index in [4.69, 9.17) is 18.9 Å². The Hall–Kier alpha value is -3.44. The zero-order chi connectivity index (χ0) is 26.3. The maximum absolute atomic E-state index is 12.6. The van der Waals surface area contributed by atoms with Crippen LogP contribution < -0.4 is 23.7 Å². The van der Waals surface area contributed by atoms with Crippen LogP contribution in [0, 0.1) is 0 Å². The fraction of sp³-hybridized carbons (Fsp3) is 0.240. The van der Waals surface area contributed by atoms with Gasteiger partial charge in [0.15, 0.2) is 18.1 Å². The summed E-state index contributed by atoms with van der Waals surface area (Å²) >= 11 is 3.31. The van der Waals surface area contributed by atoms with Gasteiger partial charge in [0.2, 0.25) is 5.75 Å². The molecule has 3 aromatic carbocycles. The summed E-state index contributed by atoms with van der Waals surface area (Å²) in [7, 11) is 2.46. The van der Waals surface area contributed by atoms with Gasteiger partial charge in [0.1, 0.15) is 5.75 Å². The largest absolute Gasteiger partial charge is 0.493 e. The average molecular weight is 579 g/mol. The van der Waals surface area contributed by atoms with Crippen molar-refractivity contribution in [2.24, 2.45) is 0 Å². The number of halogens is 1. The van der Waals surface area contributed by atoms with Crippen molar-refractivity contribution in [3.63, 3.8) is 0 Å². The maximum Gasteiger partial charge on any atom is 0.261 e. The van der Waals surface area contributed by atoms with Crippen LogP contribution in [-0.4, -0.2) is 54.2 Å². The van der Waals surface area contributed by atoms with Crippen molar-refractivity contribution in [3.05, 3.63) is 70.7 Å². The Morgan fingerprint density at radius 2 is 1.50 bits per heavy atom. The monoisotopic (exact) mass is 578 g/mol. The lowest BCUT2D eigenvalue weighted by atomic mass is 10.1. The highest BCUT2D eigenvalue weighted by Crippen LogP contribution is 2.38. The van der Waals surface area contributed by atoms with Gasteiger partial charge in [0.05, 0.1) is 26.2 Å². The van der Waals surface area contributed by atoms with Gasteiger partial charge < -0.3 is 23.8 Å². The zero-order valence-electron chi connectivity index (χ0n) is 20.3. The fourth-order valence-corrected chi connectivity index (χ4v) is 4.61. The number of amides is 1. The Bertz CT molecular complexity index is 1270. The second kappa shape index (κ2) is 12.0. The number of likely N-dealkylation sites (N-methyl/N-ethyl adjacent to an activating group) is 1. The molecule has 1 N–H and O–H groups in total. The molecular weight excluding hydrogens is 552 g/mol. The van der Waals surface area contributed by atoms with Gasteiger partial charge in [0, 0.05) is 23.8 Å². The van der Waals surface area contributed by atoms with Crippen LogP contribution in [0.25, 0.3) is 0 Å². The van der Waals surface area contributed by atoms with Crippen LogP contribution >= 0.6 is 15.9 Å². The summed E-state index contributed by atoms with van der Waals surface area (Å²) in [6.07, 6.45) is 0. The van der Waals surface area contributed by atoms with E-state index in [1.54, 1.807) is 43.4 Å². The number of sulfonamides is 1. The van der Waals surface area contributed by atoms with Crippen LogP contribution in [0.5, 0.6) is 23.0 Å². The molecule has 0 saturated heterocycles. The van der Waals surface area contributed by atoms with E-state index in [0.29, 0.717) is 28.7 Å². The summed E-state index contributed by atoms with van der Waals surface area (Å²) in [6, 6.07) is 16.2. The van der Waals surface area contributed by atoms with E-state index >= 15 is 0 Å². The molecule has 0 aliphatic carbocycles. The highest BCUT2D eigenvalue weighted by Gasteiger charge is 2.17. The number of hydrogen-bond acceptors (Lipinski definition) is 7.